The molecule has 4 nitrogen and oxygen atoms in total. The predicted molar refractivity (Wildman–Crippen MR) is 62.0 cm³/mol. The highest BCUT2D eigenvalue weighted by Crippen LogP contribution is 2.33. The number of nitrogens with one attached hydrogen (secondary N) is 1. The van der Waals surface area contributed by atoms with Crippen molar-refractivity contribution < 1.29 is 0 Å². The third-order valence-corrected chi connectivity index (χ3v) is 3.10. The highest BCUT2D eigenvalue weighted by molar-refractivity contribution is 6.28. The standard InChI is InChI=1S/C10H15ClN4/c1-10(4-2-3-5-10)15-8-7(12)6-13-9(11)14-8/h6H,2-5,12H2,1H3,(H,13,14,15). The smallest absolute Gasteiger partial charge is 0.224 e. The second kappa shape index (κ2) is 3.85. The number of nitrogens with two attached hydrogens (primary N) is 1. The number of anilines is 2. The lowest BCUT2D eigenvalue weighted by molar-refractivity contribution is 0.531. The fourth-order valence-corrected chi connectivity index (χ4v) is 2.17. The van der Waals surface area contributed by atoms with Gasteiger partial charge in [0.25, 0.3) is 0 Å². The summed E-state index contributed by atoms with van der Waals surface area (Å²) in [6.07, 6.45) is 6.34. The number of hydrogen-bond donors (Lipinski definition) is 2. The lowest BCUT2D eigenvalue weighted by Gasteiger charge is -2.26. The van der Waals surface area contributed by atoms with Crippen LogP contribution in [0.25, 0.3) is 0 Å². The quantitative estimate of drug-likeness (QED) is 0.761. The molecule has 5 heteroatoms. The highest BCUT2D eigenvalue weighted by Gasteiger charge is 2.29. The second-order valence-corrected chi connectivity index (χ2v) is 4.67. The summed E-state index contributed by atoms with van der Waals surface area (Å²) in [6, 6.07) is 0. The molecule has 1 saturated carbocycles. The fourth-order valence-electron chi connectivity index (χ4n) is 2.04. The number of hydrogen-bond acceptors (Lipinski definition) is 4. The molecule has 1 heterocycles. The SMILES string of the molecule is CC1(Nc2nc(Cl)ncc2N)CCCC1. The summed E-state index contributed by atoms with van der Waals surface area (Å²) >= 11 is 5.73. The molecule has 0 aromatic carbocycles. The lowest BCUT2D eigenvalue weighted by atomic mass is 10.0. The van der Waals surface area contributed by atoms with E-state index in [0.717, 1.165) is 12.8 Å². The largest absolute Gasteiger partial charge is 0.394 e. The topological polar surface area (TPSA) is 63.8 Å². The predicted octanol–water partition coefficient (Wildman–Crippen LogP) is 2.46. The molecule has 0 radical (unpaired) electrons. The van der Waals surface area contributed by atoms with Crippen LogP contribution in [0.2, 0.25) is 5.28 Å². The Morgan fingerprint density at radius 2 is 2.13 bits per heavy atom. The monoisotopic (exact) mass is 226 g/mol. The van der Waals surface area contributed by atoms with Crippen LogP contribution >= 0.6 is 11.6 Å². The molecule has 82 valence electrons. The van der Waals surface area contributed by atoms with E-state index >= 15 is 0 Å². The van der Waals surface area contributed by atoms with Crippen molar-refractivity contribution in [1.29, 1.82) is 0 Å². The van der Waals surface area contributed by atoms with Crippen LogP contribution in [-0.2, 0) is 0 Å². The van der Waals surface area contributed by atoms with Crippen LogP contribution in [0.15, 0.2) is 6.20 Å². The number of rotatable bonds is 2. The molecule has 1 aliphatic rings. The van der Waals surface area contributed by atoms with Gasteiger partial charge in [0.05, 0.1) is 11.9 Å². The lowest BCUT2D eigenvalue weighted by Crippen LogP contribution is -2.31. The number of aromatic nitrogens is 2. The Labute approximate surface area is 94.2 Å². The Morgan fingerprint density at radius 1 is 1.47 bits per heavy atom. The Kier molecular flexibility index (Phi) is 2.69. The van der Waals surface area contributed by atoms with Crippen LogP contribution < -0.4 is 11.1 Å². The molecule has 1 fully saturated rings. The second-order valence-electron chi connectivity index (χ2n) is 4.34. The van der Waals surface area contributed by atoms with E-state index < -0.39 is 0 Å². The first kappa shape index (κ1) is 10.5. The maximum absolute atomic E-state index is 5.78. The number of nitrogens with zero attached hydrogens (tertiary/aromatic N) is 2. The molecule has 1 aromatic rings. The fraction of sp³-hybridized carbons (Fsp3) is 0.600. The van der Waals surface area contributed by atoms with Gasteiger partial charge < -0.3 is 11.1 Å². The van der Waals surface area contributed by atoms with Crippen LogP contribution in [0, 0.1) is 0 Å². The van der Waals surface area contributed by atoms with Crippen LogP contribution in [0.1, 0.15) is 32.6 Å². The van der Waals surface area contributed by atoms with Crippen molar-refractivity contribution in [2.75, 3.05) is 11.1 Å². The van der Waals surface area contributed by atoms with E-state index in [1.54, 1.807) is 0 Å². The molecule has 3 N–H and O–H groups in total. The molecule has 15 heavy (non-hydrogen) atoms. The summed E-state index contributed by atoms with van der Waals surface area (Å²) < 4.78 is 0. The molecule has 0 amide bonds. The van der Waals surface area contributed by atoms with Gasteiger partial charge in [-0.15, -0.1) is 0 Å². The molecule has 0 saturated heterocycles. The Hall–Kier alpha value is -1.03. The van der Waals surface area contributed by atoms with Gasteiger partial charge in [0.1, 0.15) is 0 Å². The van der Waals surface area contributed by atoms with Gasteiger partial charge in [0, 0.05) is 5.54 Å². The van der Waals surface area contributed by atoms with E-state index in [2.05, 4.69) is 22.2 Å². The highest BCUT2D eigenvalue weighted by atomic mass is 35.5. The van der Waals surface area contributed by atoms with Crippen molar-refractivity contribution in [3.63, 3.8) is 0 Å². The first-order valence-electron chi connectivity index (χ1n) is 5.15. The maximum atomic E-state index is 5.78. The van der Waals surface area contributed by atoms with Crippen LogP contribution in [0.5, 0.6) is 0 Å². The van der Waals surface area contributed by atoms with E-state index in [9.17, 15) is 0 Å². The van der Waals surface area contributed by atoms with Crippen molar-refractivity contribution in [3.05, 3.63) is 11.5 Å². The van der Waals surface area contributed by atoms with E-state index in [-0.39, 0.29) is 10.8 Å². The molecule has 1 aliphatic carbocycles. The molecule has 2 rings (SSSR count). The zero-order valence-electron chi connectivity index (χ0n) is 8.76. The van der Waals surface area contributed by atoms with Gasteiger partial charge >= 0.3 is 0 Å². The van der Waals surface area contributed by atoms with Crippen molar-refractivity contribution in [2.24, 2.45) is 0 Å². The average molecular weight is 227 g/mol. The van der Waals surface area contributed by atoms with Crippen molar-refractivity contribution in [3.8, 4) is 0 Å². The third-order valence-electron chi connectivity index (χ3n) is 2.91. The summed E-state index contributed by atoms with van der Waals surface area (Å²) in [6.45, 7) is 2.19. The summed E-state index contributed by atoms with van der Waals surface area (Å²) in [5.74, 6) is 0.652. The van der Waals surface area contributed by atoms with Crippen LogP contribution in [0.4, 0.5) is 11.5 Å². The van der Waals surface area contributed by atoms with E-state index in [1.165, 1.54) is 19.0 Å². The number of nitrogen functional groups attached to an aromatic ring is 1. The molecule has 0 bridgehead atoms. The van der Waals surface area contributed by atoms with Gasteiger partial charge in [-0.1, -0.05) is 12.8 Å². The Balaban J connectivity index is 2.19. The summed E-state index contributed by atoms with van der Waals surface area (Å²) in [5, 5.41) is 3.60. The van der Waals surface area contributed by atoms with Crippen molar-refractivity contribution in [2.45, 2.75) is 38.1 Å². The van der Waals surface area contributed by atoms with Crippen molar-refractivity contribution >= 4 is 23.1 Å². The molecule has 0 atom stereocenters. The van der Waals surface area contributed by atoms with Gasteiger partial charge in [-0.2, -0.15) is 4.98 Å². The van der Waals surface area contributed by atoms with Crippen LogP contribution in [0.3, 0.4) is 0 Å². The third kappa shape index (κ3) is 2.31. The molecule has 1 aromatic heterocycles. The molecular weight excluding hydrogens is 212 g/mol. The summed E-state index contributed by atoms with van der Waals surface area (Å²) in [5.41, 5.74) is 6.43. The Morgan fingerprint density at radius 3 is 2.80 bits per heavy atom. The zero-order chi connectivity index (χ0) is 10.9. The minimum Gasteiger partial charge on any atom is -0.394 e. The van der Waals surface area contributed by atoms with Crippen molar-refractivity contribution in [1.82, 2.24) is 9.97 Å². The first-order valence-corrected chi connectivity index (χ1v) is 5.53. The molecule has 0 spiro atoms. The molecule has 0 aliphatic heterocycles. The first-order chi connectivity index (χ1) is 7.09. The normalized spacial score (nSPS) is 19.1. The number of halogens is 1. The molecular formula is C10H15ClN4. The van der Waals surface area contributed by atoms with Gasteiger partial charge in [-0.3, -0.25) is 0 Å². The van der Waals surface area contributed by atoms with E-state index in [4.69, 9.17) is 17.3 Å². The minimum atomic E-state index is 0.103. The minimum absolute atomic E-state index is 0.103. The summed E-state index contributed by atoms with van der Waals surface area (Å²) in [4.78, 5) is 7.93. The van der Waals surface area contributed by atoms with Gasteiger partial charge in [-0.25, -0.2) is 4.98 Å². The van der Waals surface area contributed by atoms with E-state index in [1.807, 2.05) is 0 Å². The maximum Gasteiger partial charge on any atom is 0.224 e. The van der Waals surface area contributed by atoms with E-state index in [0.29, 0.717) is 11.5 Å². The van der Waals surface area contributed by atoms with Gasteiger partial charge in [0.2, 0.25) is 5.28 Å². The Bertz CT molecular complexity index is 360. The van der Waals surface area contributed by atoms with Gasteiger partial charge in [0.15, 0.2) is 5.82 Å². The zero-order valence-corrected chi connectivity index (χ0v) is 9.51. The summed E-state index contributed by atoms with van der Waals surface area (Å²) in [7, 11) is 0. The van der Waals surface area contributed by atoms with Gasteiger partial charge in [-0.05, 0) is 31.4 Å². The average Bonchev–Trinajstić information content (AvgIpc) is 2.59. The molecule has 0 unspecified atom stereocenters. The van der Waals surface area contributed by atoms with Crippen LogP contribution in [-0.4, -0.2) is 15.5 Å².